The quantitative estimate of drug-likeness (QED) is 0.728. The highest BCUT2D eigenvalue weighted by molar-refractivity contribution is 9.10. The van der Waals surface area contributed by atoms with Crippen molar-refractivity contribution in [2.24, 2.45) is 11.3 Å². The van der Waals surface area contributed by atoms with Crippen molar-refractivity contribution in [3.63, 3.8) is 0 Å². The summed E-state index contributed by atoms with van der Waals surface area (Å²) in [6, 6.07) is 5.38. The van der Waals surface area contributed by atoms with Crippen molar-refractivity contribution in [3.8, 4) is 0 Å². The molecule has 4 heteroatoms. The Hall–Kier alpha value is -0.540. The van der Waals surface area contributed by atoms with Crippen molar-refractivity contribution in [1.29, 1.82) is 0 Å². The van der Waals surface area contributed by atoms with E-state index < -0.39 is 0 Å². The molecule has 0 saturated carbocycles. The van der Waals surface area contributed by atoms with Crippen LogP contribution in [-0.4, -0.2) is 23.9 Å². The Kier molecular flexibility index (Phi) is 4.26. The van der Waals surface area contributed by atoms with E-state index in [1.165, 1.54) is 0 Å². The summed E-state index contributed by atoms with van der Waals surface area (Å²) in [6.07, 6.45) is 1.08. The second-order valence-electron chi connectivity index (χ2n) is 6.23. The smallest absolute Gasteiger partial charge is 0.253 e. The zero-order valence-corrected chi connectivity index (χ0v) is 13.9. The van der Waals surface area contributed by atoms with Crippen molar-refractivity contribution in [1.82, 2.24) is 4.90 Å². The highest BCUT2D eigenvalue weighted by Gasteiger charge is 2.34. The van der Waals surface area contributed by atoms with E-state index in [4.69, 9.17) is 11.6 Å². The fraction of sp³-hybridized carbons (Fsp3) is 0.533. The third-order valence-electron chi connectivity index (χ3n) is 3.87. The monoisotopic (exact) mass is 343 g/mol. The zero-order valence-electron chi connectivity index (χ0n) is 11.5. The molecule has 1 aliphatic rings. The molecule has 1 saturated heterocycles. The van der Waals surface area contributed by atoms with Gasteiger partial charge in [0.1, 0.15) is 0 Å². The standard InChI is InChI=1S/C15H19BrClNO/c1-15(2,3)11-6-7-18(9-11)14(19)10-4-5-12(16)13(17)8-10/h4-5,8,11H,6-7,9H2,1-3H3. The van der Waals surface area contributed by atoms with Crippen LogP contribution in [0.5, 0.6) is 0 Å². The highest BCUT2D eigenvalue weighted by atomic mass is 79.9. The minimum absolute atomic E-state index is 0.0844. The number of carbonyl (C=O) groups is 1. The molecule has 19 heavy (non-hydrogen) atoms. The number of amides is 1. The van der Waals surface area contributed by atoms with Gasteiger partial charge in [-0.2, -0.15) is 0 Å². The van der Waals surface area contributed by atoms with Crippen LogP contribution in [0.4, 0.5) is 0 Å². The molecular formula is C15H19BrClNO. The van der Waals surface area contributed by atoms with Crippen molar-refractivity contribution in [2.75, 3.05) is 13.1 Å². The van der Waals surface area contributed by atoms with E-state index in [0.29, 0.717) is 16.5 Å². The van der Waals surface area contributed by atoms with Crippen molar-refractivity contribution in [3.05, 3.63) is 33.3 Å². The van der Waals surface area contributed by atoms with Crippen LogP contribution in [0.1, 0.15) is 37.6 Å². The Balaban J connectivity index is 2.11. The fourth-order valence-corrected chi connectivity index (χ4v) is 2.89. The van der Waals surface area contributed by atoms with Crippen LogP contribution in [0.3, 0.4) is 0 Å². The average Bonchev–Trinajstić information content (AvgIpc) is 2.81. The summed E-state index contributed by atoms with van der Waals surface area (Å²) in [5.41, 5.74) is 0.926. The Morgan fingerprint density at radius 1 is 1.42 bits per heavy atom. The molecule has 2 rings (SSSR count). The number of carbonyl (C=O) groups excluding carboxylic acids is 1. The molecule has 0 aromatic heterocycles. The highest BCUT2D eigenvalue weighted by Crippen LogP contribution is 2.34. The molecule has 1 aromatic carbocycles. The van der Waals surface area contributed by atoms with Gasteiger partial charge in [0.25, 0.3) is 5.91 Å². The first-order valence-electron chi connectivity index (χ1n) is 6.53. The van der Waals surface area contributed by atoms with Gasteiger partial charge in [-0.15, -0.1) is 0 Å². The van der Waals surface area contributed by atoms with Crippen LogP contribution in [0.15, 0.2) is 22.7 Å². The molecule has 2 nitrogen and oxygen atoms in total. The third-order valence-corrected chi connectivity index (χ3v) is 5.10. The maximum atomic E-state index is 12.4. The predicted molar refractivity (Wildman–Crippen MR) is 82.6 cm³/mol. The van der Waals surface area contributed by atoms with E-state index in [9.17, 15) is 4.79 Å². The van der Waals surface area contributed by atoms with Gasteiger partial charge in [0.15, 0.2) is 0 Å². The Bertz CT molecular complexity index is 495. The van der Waals surface area contributed by atoms with E-state index in [2.05, 4.69) is 36.7 Å². The number of halogens is 2. The number of benzene rings is 1. The van der Waals surface area contributed by atoms with Gasteiger partial charge in [-0.3, -0.25) is 4.79 Å². The Morgan fingerprint density at radius 3 is 2.63 bits per heavy atom. The molecule has 104 valence electrons. The lowest BCUT2D eigenvalue weighted by Crippen LogP contribution is -2.31. The lowest BCUT2D eigenvalue weighted by molar-refractivity contribution is 0.0776. The first kappa shape index (κ1) is 14.9. The van der Waals surface area contributed by atoms with Gasteiger partial charge >= 0.3 is 0 Å². The molecule has 0 aliphatic carbocycles. The van der Waals surface area contributed by atoms with Gasteiger partial charge in [0.2, 0.25) is 0 Å². The van der Waals surface area contributed by atoms with Crippen LogP contribution < -0.4 is 0 Å². The molecule has 1 unspecified atom stereocenters. The summed E-state index contributed by atoms with van der Waals surface area (Å²) in [6.45, 7) is 8.40. The fourth-order valence-electron chi connectivity index (χ4n) is 2.46. The van der Waals surface area contributed by atoms with Crippen LogP contribution in [-0.2, 0) is 0 Å². The van der Waals surface area contributed by atoms with Crippen LogP contribution in [0.25, 0.3) is 0 Å². The van der Waals surface area contributed by atoms with E-state index in [0.717, 1.165) is 24.0 Å². The van der Waals surface area contributed by atoms with E-state index in [1.54, 1.807) is 6.07 Å². The zero-order chi connectivity index (χ0) is 14.2. The largest absolute Gasteiger partial charge is 0.338 e. The normalized spacial score (nSPS) is 19.8. The van der Waals surface area contributed by atoms with Crippen molar-refractivity contribution in [2.45, 2.75) is 27.2 Å². The minimum Gasteiger partial charge on any atom is -0.338 e. The Labute approximate surface area is 128 Å². The molecule has 1 amide bonds. The second-order valence-corrected chi connectivity index (χ2v) is 7.49. The van der Waals surface area contributed by atoms with Gasteiger partial charge in [-0.05, 0) is 51.9 Å². The van der Waals surface area contributed by atoms with Crippen molar-refractivity contribution < 1.29 is 4.79 Å². The number of hydrogen-bond donors (Lipinski definition) is 0. The molecule has 1 heterocycles. The summed E-state index contributed by atoms with van der Waals surface area (Å²) >= 11 is 9.39. The number of rotatable bonds is 1. The van der Waals surface area contributed by atoms with Crippen molar-refractivity contribution >= 4 is 33.4 Å². The SMILES string of the molecule is CC(C)(C)C1CCN(C(=O)c2ccc(Br)c(Cl)c2)C1. The van der Waals surface area contributed by atoms with Crippen LogP contribution in [0.2, 0.25) is 5.02 Å². The van der Waals surface area contributed by atoms with Gasteiger partial charge in [-0.1, -0.05) is 32.4 Å². The maximum Gasteiger partial charge on any atom is 0.253 e. The van der Waals surface area contributed by atoms with E-state index >= 15 is 0 Å². The first-order valence-corrected chi connectivity index (χ1v) is 7.70. The first-order chi connectivity index (χ1) is 8.79. The molecular weight excluding hydrogens is 326 g/mol. The summed E-state index contributed by atoms with van der Waals surface area (Å²) in [7, 11) is 0. The number of nitrogens with zero attached hydrogens (tertiary/aromatic N) is 1. The molecule has 0 bridgehead atoms. The summed E-state index contributed by atoms with van der Waals surface area (Å²) in [5.74, 6) is 0.656. The van der Waals surface area contributed by atoms with Crippen LogP contribution >= 0.6 is 27.5 Å². The molecule has 0 N–H and O–H groups in total. The van der Waals surface area contributed by atoms with Gasteiger partial charge in [0, 0.05) is 23.1 Å². The summed E-state index contributed by atoms with van der Waals surface area (Å²) in [4.78, 5) is 14.4. The second kappa shape index (κ2) is 5.45. The number of hydrogen-bond acceptors (Lipinski definition) is 1. The van der Waals surface area contributed by atoms with Gasteiger partial charge < -0.3 is 4.90 Å². The average molecular weight is 345 g/mol. The van der Waals surface area contributed by atoms with Gasteiger partial charge in [0.05, 0.1) is 5.02 Å². The molecule has 1 aromatic rings. The van der Waals surface area contributed by atoms with Crippen LogP contribution in [0, 0.1) is 11.3 Å². The third kappa shape index (κ3) is 3.32. The minimum atomic E-state index is 0.0844. The summed E-state index contributed by atoms with van der Waals surface area (Å²) < 4.78 is 0.819. The van der Waals surface area contributed by atoms with E-state index in [-0.39, 0.29) is 11.3 Å². The maximum absolute atomic E-state index is 12.4. The predicted octanol–water partition coefficient (Wildman–Crippen LogP) is 4.61. The number of likely N-dealkylation sites (tertiary alicyclic amines) is 1. The molecule has 1 fully saturated rings. The molecule has 1 atom stereocenters. The Morgan fingerprint density at radius 2 is 2.11 bits per heavy atom. The lowest BCUT2D eigenvalue weighted by Gasteiger charge is -2.27. The lowest BCUT2D eigenvalue weighted by atomic mass is 9.80. The molecule has 1 aliphatic heterocycles. The van der Waals surface area contributed by atoms with E-state index in [1.807, 2.05) is 17.0 Å². The topological polar surface area (TPSA) is 20.3 Å². The molecule has 0 spiro atoms. The van der Waals surface area contributed by atoms with Gasteiger partial charge in [-0.25, -0.2) is 0 Å². The summed E-state index contributed by atoms with van der Waals surface area (Å²) in [5, 5.41) is 0.581. The molecule has 0 radical (unpaired) electrons.